The Morgan fingerprint density at radius 3 is 2.64 bits per heavy atom. The number of aromatic nitrogens is 1. The first-order valence-corrected chi connectivity index (χ1v) is 4.02. The molecule has 0 aromatic carbocycles. The molecule has 6 N–H and O–H groups in total. The lowest BCUT2D eigenvalue weighted by Gasteiger charge is -2.16. The summed E-state index contributed by atoms with van der Waals surface area (Å²) >= 11 is 0. The summed E-state index contributed by atoms with van der Waals surface area (Å²) in [6, 6.07) is 3.31. The number of nitrogen functional groups attached to an aromatic ring is 2. The van der Waals surface area contributed by atoms with Crippen LogP contribution in [0.25, 0.3) is 0 Å². The van der Waals surface area contributed by atoms with Crippen LogP contribution >= 0.6 is 0 Å². The van der Waals surface area contributed by atoms with Gasteiger partial charge in [-0.2, -0.15) is 0 Å². The number of anilines is 3. The second-order valence-electron chi connectivity index (χ2n) is 2.97. The smallest absolute Gasteiger partial charge is 0.236 e. The first-order valence-electron chi connectivity index (χ1n) is 4.02. The highest BCUT2D eigenvalue weighted by Gasteiger charge is 2.06. The minimum Gasteiger partial charge on any atom is -0.396 e. The molecule has 0 spiro atoms. The minimum absolute atomic E-state index is 0.0936. The Bertz CT molecular complexity index is 352. The highest BCUT2D eigenvalue weighted by atomic mass is 16.1. The van der Waals surface area contributed by atoms with E-state index in [1.807, 2.05) is 0 Å². The van der Waals surface area contributed by atoms with Crippen LogP contribution in [0.1, 0.15) is 0 Å². The van der Waals surface area contributed by atoms with Crippen molar-refractivity contribution in [3.63, 3.8) is 0 Å². The van der Waals surface area contributed by atoms with Crippen LogP contribution in [0.3, 0.4) is 0 Å². The SMILES string of the molecule is CN(CC(N)=O)c1ccc(N)c(N)n1. The molecule has 14 heavy (non-hydrogen) atoms. The van der Waals surface area contributed by atoms with E-state index < -0.39 is 5.91 Å². The lowest BCUT2D eigenvalue weighted by molar-refractivity contribution is -0.116. The Labute approximate surface area is 81.7 Å². The van der Waals surface area contributed by atoms with Crippen molar-refractivity contribution in [3.05, 3.63) is 12.1 Å². The fraction of sp³-hybridized carbons (Fsp3) is 0.250. The van der Waals surface area contributed by atoms with E-state index in [1.165, 1.54) is 0 Å². The van der Waals surface area contributed by atoms with Gasteiger partial charge in [0.1, 0.15) is 11.6 Å². The van der Waals surface area contributed by atoms with Gasteiger partial charge in [0, 0.05) is 7.05 Å². The minimum atomic E-state index is -0.426. The van der Waals surface area contributed by atoms with Gasteiger partial charge in [-0.1, -0.05) is 0 Å². The average molecular weight is 195 g/mol. The molecule has 0 radical (unpaired) electrons. The van der Waals surface area contributed by atoms with Gasteiger partial charge in [-0.25, -0.2) is 4.98 Å². The predicted octanol–water partition coefficient (Wildman–Crippen LogP) is -0.833. The Balaban J connectivity index is 2.85. The molecule has 1 aromatic rings. The van der Waals surface area contributed by atoms with Gasteiger partial charge in [0.25, 0.3) is 0 Å². The molecule has 0 unspecified atom stereocenters. The van der Waals surface area contributed by atoms with Gasteiger partial charge in [0.15, 0.2) is 0 Å². The summed E-state index contributed by atoms with van der Waals surface area (Å²) < 4.78 is 0. The van der Waals surface area contributed by atoms with Crippen LogP contribution in [-0.2, 0) is 4.79 Å². The van der Waals surface area contributed by atoms with Crippen molar-refractivity contribution >= 4 is 23.2 Å². The molecule has 0 saturated carbocycles. The maximum atomic E-state index is 10.6. The second kappa shape index (κ2) is 3.82. The van der Waals surface area contributed by atoms with Gasteiger partial charge in [-0.05, 0) is 12.1 Å². The average Bonchev–Trinajstić information content (AvgIpc) is 2.08. The largest absolute Gasteiger partial charge is 0.396 e. The Hall–Kier alpha value is -1.98. The molecule has 1 rings (SSSR count). The molecule has 1 heterocycles. The van der Waals surface area contributed by atoms with Gasteiger partial charge >= 0.3 is 0 Å². The molecule has 6 nitrogen and oxygen atoms in total. The van der Waals surface area contributed by atoms with Crippen LogP contribution in [-0.4, -0.2) is 24.5 Å². The number of rotatable bonds is 3. The van der Waals surface area contributed by atoms with Crippen molar-refractivity contribution in [2.45, 2.75) is 0 Å². The number of likely N-dealkylation sites (N-methyl/N-ethyl adjacent to an activating group) is 1. The Morgan fingerprint density at radius 1 is 1.50 bits per heavy atom. The number of hydrogen-bond donors (Lipinski definition) is 3. The Kier molecular flexibility index (Phi) is 2.76. The summed E-state index contributed by atoms with van der Waals surface area (Å²) in [5.41, 5.74) is 16.5. The number of carbonyl (C=O) groups is 1. The lowest BCUT2D eigenvalue weighted by atomic mass is 10.3. The van der Waals surface area contributed by atoms with E-state index in [9.17, 15) is 4.79 Å². The summed E-state index contributed by atoms with van der Waals surface area (Å²) in [7, 11) is 1.70. The van der Waals surface area contributed by atoms with Crippen molar-refractivity contribution in [1.29, 1.82) is 0 Å². The van der Waals surface area contributed by atoms with Gasteiger partial charge in [-0.15, -0.1) is 0 Å². The molecular formula is C8H13N5O. The molecule has 1 amide bonds. The summed E-state index contributed by atoms with van der Waals surface area (Å²) in [6.07, 6.45) is 0. The van der Waals surface area contributed by atoms with Crippen molar-refractivity contribution < 1.29 is 4.79 Å². The molecule has 0 aliphatic rings. The normalized spacial score (nSPS) is 9.79. The van der Waals surface area contributed by atoms with Crippen LogP contribution in [0.15, 0.2) is 12.1 Å². The van der Waals surface area contributed by atoms with E-state index in [0.29, 0.717) is 11.5 Å². The first kappa shape index (κ1) is 10.1. The number of primary amides is 1. The van der Waals surface area contributed by atoms with E-state index in [1.54, 1.807) is 24.1 Å². The summed E-state index contributed by atoms with van der Waals surface area (Å²) in [4.78, 5) is 16.2. The van der Waals surface area contributed by atoms with E-state index >= 15 is 0 Å². The number of carbonyl (C=O) groups excluding carboxylic acids is 1. The number of hydrogen-bond acceptors (Lipinski definition) is 5. The lowest BCUT2D eigenvalue weighted by Crippen LogP contribution is -2.31. The summed E-state index contributed by atoms with van der Waals surface area (Å²) in [5.74, 6) is 0.388. The molecule has 0 aliphatic carbocycles. The monoisotopic (exact) mass is 195 g/mol. The quantitative estimate of drug-likeness (QED) is 0.582. The zero-order chi connectivity index (χ0) is 10.7. The molecule has 0 bridgehead atoms. The van der Waals surface area contributed by atoms with E-state index in [2.05, 4.69) is 4.98 Å². The summed E-state index contributed by atoms with van der Waals surface area (Å²) in [6.45, 7) is 0.0936. The van der Waals surface area contributed by atoms with E-state index in [-0.39, 0.29) is 12.4 Å². The standard InChI is InChI=1S/C8H13N5O/c1-13(4-6(10)14)7-3-2-5(9)8(11)12-7/h2-3H,4,9H2,1H3,(H2,10,14)(H2,11,12). The first-order chi connectivity index (χ1) is 6.50. The molecule has 0 fully saturated rings. The molecule has 76 valence electrons. The van der Waals surface area contributed by atoms with Crippen LogP contribution in [0.4, 0.5) is 17.3 Å². The van der Waals surface area contributed by atoms with E-state index in [4.69, 9.17) is 17.2 Å². The Morgan fingerprint density at radius 2 is 2.14 bits per heavy atom. The third-order valence-electron chi connectivity index (χ3n) is 1.73. The maximum Gasteiger partial charge on any atom is 0.236 e. The highest BCUT2D eigenvalue weighted by Crippen LogP contribution is 2.16. The van der Waals surface area contributed by atoms with Gasteiger partial charge in [0.2, 0.25) is 5.91 Å². The van der Waals surface area contributed by atoms with Crippen molar-refractivity contribution in [1.82, 2.24) is 4.98 Å². The molecule has 6 heteroatoms. The maximum absolute atomic E-state index is 10.6. The van der Waals surface area contributed by atoms with E-state index in [0.717, 1.165) is 0 Å². The number of nitrogens with two attached hydrogens (primary N) is 3. The molecule has 0 aliphatic heterocycles. The third-order valence-corrected chi connectivity index (χ3v) is 1.73. The third kappa shape index (κ3) is 2.25. The fourth-order valence-corrected chi connectivity index (χ4v) is 1.00. The zero-order valence-electron chi connectivity index (χ0n) is 7.90. The van der Waals surface area contributed by atoms with Crippen LogP contribution < -0.4 is 22.1 Å². The number of amides is 1. The number of nitrogens with zero attached hydrogens (tertiary/aromatic N) is 2. The highest BCUT2D eigenvalue weighted by molar-refractivity contribution is 5.79. The fourth-order valence-electron chi connectivity index (χ4n) is 1.00. The predicted molar refractivity (Wildman–Crippen MR) is 55.5 cm³/mol. The second-order valence-corrected chi connectivity index (χ2v) is 2.97. The van der Waals surface area contributed by atoms with Crippen molar-refractivity contribution in [3.8, 4) is 0 Å². The molecule has 1 aromatic heterocycles. The van der Waals surface area contributed by atoms with Crippen molar-refractivity contribution in [2.75, 3.05) is 30.0 Å². The van der Waals surface area contributed by atoms with Crippen LogP contribution in [0, 0.1) is 0 Å². The molecule has 0 atom stereocenters. The van der Waals surface area contributed by atoms with Gasteiger partial charge < -0.3 is 22.1 Å². The number of pyridine rings is 1. The van der Waals surface area contributed by atoms with Crippen molar-refractivity contribution in [2.24, 2.45) is 5.73 Å². The summed E-state index contributed by atoms with van der Waals surface area (Å²) in [5, 5.41) is 0. The topological polar surface area (TPSA) is 111 Å². The molecular weight excluding hydrogens is 182 g/mol. The molecule has 0 saturated heterocycles. The van der Waals surface area contributed by atoms with Crippen LogP contribution in [0.5, 0.6) is 0 Å². The zero-order valence-corrected chi connectivity index (χ0v) is 7.90. The van der Waals surface area contributed by atoms with Gasteiger partial charge in [0.05, 0.1) is 12.2 Å². The van der Waals surface area contributed by atoms with Crippen LogP contribution in [0.2, 0.25) is 0 Å². The van der Waals surface area contributed by atoms with Gasteiger partial charge in [-0.3, -0.25) is 4.79 Å².